The van der Waals surface area contributed by atoms with Crippen LogP contribution in [0.15, 0.2) is 72.9 Å². The van der Waals surface area contributed by atoms with Crippen molar-refractivity contribution in [2.45, 2.75) is 6.54 Å². The molecule has 144 valence electrons. The molecule has 0 radical (unpaired) electrons. The zero-order valence-corrected chi connectivity index (χ0v) is 16.0. The molecule has 0 aliphatic carbocycles. The number of halogens is 1. The fraction of sp³-hybridized carbons (Fsp3) is 0.0909. The second kappa shape index (κ2) is 7.85. The van der Waals surface area contributed by atoms with Gasteiger partial charge in [-0.15, -0.1) is 0 Å². The number of carbonyl (C=O) groups is 3. The molecule has 0 spiro atoms. The van der Waals surface area contributed by atoms with Crippen LogP contribution in [0.25, 0.3) is 0 Å². The number of fused-ring (bicyclic) bond motifs is 1. The van der Waals surface area contributed by atoms with E-state index in [1.165, 1.54) is 4.90 Å². The smallest absolute Gasteiger partial charge is 0.262 e. The second-order valence-corrected chi connectivity index (χ2v) is 6.96. The Morgan fingerprint density at radius 2 is 1.52 bits per heavy atom. The van der Waals surface area contributed by atoms with E-state index in [-0.39, 0.29) is 13.1 Å². The van der Waals surface area contributed by atoms with Crippen LogP contribution >= 0.6 is 11.6 Å². The summed E-state index contributed by atoms with van der Waals surface area (Å²) in [5, 5.41) is 0.541. The number of hydrogen-bond acceptors (Lipinski definition) is 4. The normalized spacial score (nSPS) is 12.8. The van der Waals surface area contributed by atoms with Crippen LogP contribution in [0.1, 0.15) is 26.4 Å². The standard InChI is InChI=1S/C22H16ClN3O3/c23-15-8-10-17(11-9-15)25(13-16-5-3-4-12-24-16)20(27)14-26-21(28)18-6-1-2-7-19(18)22(26)29/h1-12H,13-14H2. The third-order valence-electron chi connectivity index (χ3n) is 4.66. The van der Waals surface area contributed by atoms with Crippen LogP contribution in [0.4, 0.5) is 5.69 Å². The SMILES string of the molecule is O=C1c2ccccc2C(=O)N1CC(=O)N(Cc1ccccn1)c1ccc(Cl)cc1. The Morgan fingerprint density at radius 1 is 0.897 bits per heavy atom. The summed E-state index contributed by atoms with van der Waals surface area (Å²) in [6, 6.07) is 18.8. The van der Waals surface area contributed by atoms with E-state index in [2.05, 4.69) is 4.98 Å². The van der Waals surface area contributed by atoms with E-state index in [0.29, 0.717) is 27.5 Å². The molecule has 4 rings (SSSR count). The summed E-state index contributed by atoms with van der Waals surface area (Å²) in [6.07, 6.45) is 1.64. The molecule has 0 fully saturated rings. The Bertz CT molecular complexity index is 1050. The van der Waals surface area contributed by atoms with Crippen LogP contribution in [0.5, 0.6) is 0 Å². The molecule has 3 amide bonds. The average molecular weight is 406 g/mol. The molecule has 29 heavy (non-hydrogen) atoms. The largest absolute Gasteiger partial charge is 0.305 e. The minimum atomic E-state index is -0.465. The lowest BCUT2D eigenvalue weighted by molar-refractivity contribution is -0.119. The predicted octanol–water partition coefficient (Wildman–Crippen LogP) is 3.56. The van der Waals surface area contributed by atoms with Gasteiger partial charge in [-0.2, -0.15) is 0 Å². The number of amides is 3. The minimum absolute atomic E-state index is 0.199. The molecule has 0 bridgehead atoms. The number of rotatable bonds is 5. The van der Waals surface area contributed by atoms with Crippen molar-refractivity contribution in [3.05, 3.63) is 94.8 Å². The van der Waals surface area contributed by atoms with Gasteiger partial charge >= 0.3 is 0 Å². The second-order valence-electron chi connectivity index (χ2n) is 6.52. The van der Waals surface area contributed by atoms with E-state index >= 15 is 0 Å². The summed E-state index contributed by atoms with van der Waals surface area (Å²) in [7, 11) is 0. The van der Waals surface area contributed by atoms with E-state index in [1.807, 2.05) is 6.07 Å². The molecule has 2 aromatic carbocycles. The maximum absolute atomic E-state index is 13.2. The zero-order valence-electron chi connectivity index (χ0n) is 15.3. The summed E-state index contributed by atoms with van der Waals surface area (Å²) in [6.45, 7) is -0.160. The van der Waals surface area contributed by atoms with E-state index < -0.39 is 17.7 Å². The van der Waals surface area contributed by atoms with Gasteiger partial charge < -0.3 is 4.90 Å². The van der Waals surface area contributed by atoms with E-state index in [1.54, 1.807) is 66.9 Å². The number of pyridine rings is 1. The van der Waals surface area contributed by atoms with Crippen LogP contribution in [0.2, 0.25) is 5.02 Å². The molecule has 6 nitrogen and oxygen atoms in total. The van der Waals surface area contributed by atoms with Gasteiger partial charge in [0.25, 0.3) is 11.8 Å². The maximum Gasteiger partial charge on any atom is 0.262 e. The lowest BCUT2D eigenvalue weighted by Gasteiger charge is -2.25. The highest BCUT2D eigenvalue weighted by Crippen LogP contribution is 2.24. The molecule has 0 saturated heterocycles. The van der Waals surface area contributed by atoms with Gasteiger partial charge in [-0.05, 0) is 48.5 Å². The number of benzene rings is 2. The van der Waals surface area contributed by atoms with Gasteiger partial charge in [0, 0.05) is 16.9 Å². The third kappa shape index (κ3) is 3.75. The molecule has 3 aromatic rings. The average Bonchev–Trinajstić information content (AvgIpc) is 2.98. The molecule has 1 aliphatic rings. The predicted molar refractivity (Wildman–Crippen MR) is 109 cm³/mol. The van der Waals surface area contributed by atoms with E-state index in [4.69, 9.17) is 11.6 Å². The number of nitrogens with zero attached hydrogens (tertiary/aromatic N) is 3. The summed E-state index contributed by atoms with van der Waals surface area (Å²) in [5.41, 5.74) is 1.90. The molecule has 0 unspecified atom stereocenters. The molecule has 1 aliphatic heterocycles. The number of anilines is 1. The topological polar surface area (TPSA) is 70.6 Å². The highest BCUT2D eigenvalue weighted by molar-refractivity contribution is 6.30. The number of hydrogen-bond donors (Lipinski definition) is 0. The Morgan fingerprint density at radius 3 is 2.10 bits per heavy atom. The van der Waals surface area contributed by atoms with Gasteiger partial charge in [0.15, 0.2) is 0 Å². The van der Waals surface area contributed by atoms with Gasteiger partial charge in [-0.25, -0.2) is 0 Å². The van der Waals surface area contributed by atoms with Crippen molar-refractivity contribution in [1.82, 2.24) is 9.88 Å². The van der Waals surface area contributed by atoms with Crippen molar-refractivity contribution < 1.29 is 14.4 Å². The molecule has 1 aromatic heterocycles. The Balaban J connectivity index is 1.61. The van der Waals surface area contributed by atoms with Crippen LogP contribution in [0.3, 0.4) is 0 Å². The summed E-state index contributed by atoms with van der Waals surface area (Å²) < 4.78 is 0. The molecule has 0 saturated carbocycles. The summed E-state index contributed by atoms with van der Waals surface area (Å²) in [4.78, 5) is 45.1. The van der Waals surface area contributed by atoms with Gasteiger partial charge in [-0.3, -0.25) is 24.3 Å². The van der Waals surface area contributed by atoms with Gasteiger partial charge in [-0.1, -0.05) is 29.8 Å². The molecular weight excluding hydrogens is 390 g/mol. The Labute approximate surface area is 172 Å². The first-order valence-electron chi connectivity index (χ1n) is 8.95. The van der Waals surface area contributed by atoms with Crippen molar-refractivity contribution in [3.63, 3.8) is 0 Å². The van der Waals surface area contributed by atoms with Crippen molar-refractivity contribution in [3.8, 4) is 0 Å². The number of aromatic nitrogens is 1. The fourth-order valence-electron chi connectivity index (χ4n) is 3.20. The number of imide groups is 1. The van der Waals surface area contributed by atoms with Crippen molar-refractivity contribution in [2.24, 2.45) is 0 Å². The minimum Gasteiger partial charge on any atom is -0.305 e. The highest BCUT2D eigenvalue weighted by Gasteiger charge is 2.37. The quantitative estimate of drug-likeness (QED) is 0.608. The van der Waals surface area contributed by atoms with E-state index in [0.717, 1.165) is 4.90 Å². The first-order valence-corrected chi connectivity index (χ1v) is 9.33. The van der Waals surface area contributed by atoms with Crippen LogP contribution in [-0.2, 0) is 11.3 Å². The van der Waals surface area contributed by atoms with Crippen LogP contribution in [-0.4, -0.2) is 34.2 Å². The van der Waals surface area contributed by atoms with Crippen molar-refractivity contribution in [2.75, 3.05) is 11.4 Å². The third-order valence-corrected chi connectivity index (χ3v) is 4.91. The molecule has 0 atom stereocenters. The van der Waals surface area contributed by atoms with Gasteiger partial charge in [0.05, 0.1) is 23.4 Å². The summed E-state index contributed by atoms with van der Waals surface area (Å²) >= 11 is 5.97. The molecule has 2 heterocycles. The first-order chi connectivity index (χ1) is 14.0. The van der Waals surface area contributed by atoms with Gasteiger partial charge in [0.2, 0.25) is 5.91 Å². The monoisotopic (exact) mass is 405 g/mol. The first kappa shape index (κ1) is 18.8. The lowest BCUT2D eigenvalue weighted by atomic mass is 10.1. The number of carbonyl (C=O) groups excluding carboxylic acids is 3. The molecule has 7 heteroatoms. The van der Waals surface area contributed by atoms with Gasteiger partial charge in [0.1, 0.15) is 6.54 Å². The van der Waals surface area contributed by atoms with Crippen LogP contribution < -0.4 is 4.90 Å². The van der Waals surface area contributed by atoms with Crippen molar-refractivity contribution in [1.29, 1.82) is 0 Å². The Hall–Kier alpha value is -3.51. The Kier molecular flexibility index (Phi) is 5.10. The lowest BCUT2D eigenvalue weighted by Crippen LogP contribution is -2.42. The van der Waals surface area contributed by atoms with Crippen molar-refractivity contribution >= 4 is 35.0 Å². The maximum atomic E-state index is 13.2. The van der Waals surface area contributed by atoms with Crippen LogP contribution in [0, 0.1) is 0 Å². The highest BCUT2D eigenvalue weighted by atomic mass is 35.5. The molecular formula is C22H16ClN3O3. The zero-order chi connectivity index (χ0) is 20.4. The van der Waals surface area contributed by atoms with E-state index in [9.17, 15) is 14.4 Å². The summed E-state index contributed by atoms with van der Waals surface area (Å²) in [5.74, 6) is -1.33. The molecule has 0 N–H and O–H groups in total. The fourth-order valence-corrected chi connectivity index (χ4v) is 3.33.